The first-order valence-electron chi connectivity index (χ1n) is 11.7. The lowest BCUT2D eigenvalue weighted by atomic mass is 10.1. The number of hydrogen-bond donors (Lipinski definition) is 1. The molecular formula is C26H30F3N3O2. The zero-order valence-corrected chi connectivity index (χ0v) is 19.1. The fourth-order valence-electron chi connectivity index (χ4n) is 4.46. The first-order valence-corrected chi connectivity index (χ1v) is 11.7. The Balaban J connectivity index is 1.16. The third-order valence-corrected chi connectivity index (χ3v) is 6.45. The Kier molecular flexibility index (Phi) is 7.58. The third-order valence-electron chi connectivity index (χ3n) is 6.45. The van der Waals surface area contributed by atoms with Crippen LogP contribution in [-0.2, 0) is 12.8 Å². The second-order valence-corrected chi connectivity index (χ2v) is 8.87. The summed E-state index contributed by atoms with van der Waals surface area (Å²) < 4.78 is 40.5. The maximum atomic E-state index is 13.0. The van der Waals surface area contributed by atoms with Gasteiger partial charge in [-0.15, -0.1) is 0 Å². The van der Waals surface area contributed by atoms with Gasteiger partial charge in [0.15, 0.2) is 0 Å². The Morgan fingerprint density at radius 2 is 1.68 bits per heavy atom. The molecule has 0 bridgehead atoms. The van der Waals surface area contributed by atoms with E-state index in [0.717, 1.165) is 61.3 Å². The second-order valence-electron chi connectivity index (χ2n) is 8.87. The largest absolute Gasteiger partial charge is 0.416 e. The summed E-state index contributed by atoms with van der Waals surface area (Å²) in [6.45, 7) is 3.97. The van der Waals surface area contributed by atoms with Gasteiger partial charge < -0.3 is 10.0 Å². The number of unbranched alkanes of at least 4 members (excludes halogenated alkanes) is 2. The van der Waals surface area contributed by atoms with Crippen LogP contribution in [0.3, 0.4) is 0 Å². The SMILES string of the molecule is O=C(CCCCCN1CCN(c2cccc(C(F)(F)F)c2)CC1)n1cc2ccc(CO)cc2c1. The molecule has 1 aromatic heterocycles. The third kappa shape index (κ3) is 5.98. The average Bonchev–Trinajstić information content (AvgIpc) is 3.27. The molecule has 4 rings (SSSR count). The summed E-state index contributed by atoms with van der Waals surface area (Å²) in [7, 11) is 0. The van der Waals surface area contributed by atoms with Gasteiger partial charge in [-0.2, -0.15) is 13.2 Å². The molecule has 34 heavy (non-hydrogen) atoms. The predicted octanol–water partition coefficient (Wildman–Crippen LogP) is 5.18. The standard InChI is InChI=1S/C26H30F3N3O2/c27-26(28,29)23-5-4-6-24(16-23)31-13-11-30(12-14-31)10-3-1-2-7-25(34)32-17-21-9-8-20(19-33)15-22(21)18-32/h4-6,8-9,15-18,33H,1-3,7,10-14,19H2. The topological polar surface area (TPSA) is 48.7 Å². The van der Waals surface area contributed by atoms with Gasteiger partial charge in [-0.1, -0.05) is 24.6 Å². The van der Waals surface area contributed by atoms with Crippen LogP contribution in [0.1, 0.15) is 41.6 Å². The number of hydrogen-bond acceptors (Lipinski definition) is 4. The number of aliphatic hydroxyl groups excluding tert-OH is 1. The van der Waals surface area contributed by atoms with Crippen molar-refractivity contribution in [2.75, 3.05) is 37.6 Å². The van der Waals surface area contributed by atoms with E-state index < -0.39 is 11.7 Å². The lowest BCUT2D eigenvalue weighted by Gasteiger charge is -2.36. The van der Waals surface area contributed by atoms with Crippen molar-refractivity contribution in [3.05, 3.63) is 66.0 Å². The van der Waals surface area contributed by atoms with E-state index in [0.29, 0.717) is 25.2 Å². The highest BCUT2D eigenvalue weighted by Crippen LogP contribution is 2.32. The van der Waals surface area contributed by atoms with Crippen molar-refractivity contribution < 1.29 is 23.1 Å². The molecule has 5 nitrogen and oxygen atoms in total. The number of piperazine rings is 1. The van der Waals surface area contributed by atoms with Crippen LogP contribution < -0.4 is 4.90 Å². The van der Waals surface area contributed by atoms with Gasteiger partial charge >= 0.3 is 6.18 Å². The average molecular weight is 474 g/mol. The maximum absolute atomic E-state index is 13.0. The van der Waals surface area contributed by atoms with E-state index in [-0.39, 0.29) is 12.5 Å². The molecular weight excluding hydrogens is 443 g/mol. The molecule has 0 radical (unpaired) electrons. The second kappa shape index (κ2) is 10.6. The van der Waals surface area contributed by atoms with E-state index in [1.54, 1.807) is 10.6 Å². The van der Waals surface area contributed by atoms with Gasteiger partial charge in [0.1, 0.15) is 0 Å². The molecule has 0 aliphatic carbocycles. The van der Waals surface area contributed by atoms with Gasteiger partial charge in [-0.3, -0.25) is 14.3 Å². The van der Waals surface area contributed by atoms with Crippen LogP contribution in [-0.4, -0.2) is 53.2 Å². The number of alkyl halides is 3. The summed E-state index contributed by atoms with van der Waals surface area (Å²) in [4.78, 5) is 16.9. The van der Waals surface area contributed by atoms with Gasteiger partial charge in [0, 0.05) is 56.1 Å². The lowest BCUT2D eigenvalue weighted by Crippen LogP contribution is -2.46. The summed E-state index contributed by atoms with van der Waals surface area (Å²) >= 11 is 0. The molecule has 182 valence electrons. The van der Waals surface area contributed by atoms with Crippen molar-refractivity contribution in [2.45, 2.75) is 38.5 Å². The Morgan fingerprint density at radius 3 is 2.41 bits per heavy atom. The highest BCUT2D eigenvalue weighted by Gasteiger charge is 2.31. The van der Waals surface area contributed by atoms with Crippen LogP contribution in [0.15, 0.2) is 54.9 Å². The van der Waals surface area contributed by atoms with Crippen LogP contribution in [0.5, 0.6) is 0 Å². The van der Waals surface area contributed by atoms with E-state index in [1.165, 1.54) is 12.1 Å². The molecule has 8 heteroatoms. The molecule has 0 atom stereocenters. The summed E-state index contributed by atoms with van der Waals surface area (Å²) in [5, 5.41) is 11.2. The molecule has 1 N–H and O–H groups in total. The highest BCUT2D eigenvalue weighted by atomic mass is 19.4. The van der Waals surface area contributed by atoms with Crippen molar-refractivity contribution >= 4 is 22.4 Å². The quantitative estimate of drug-likeness (QED) is 0.459. The fourth-order valence-corrected chi connectivity index (χ4v) is 4.46. The smallest absolute Gasteiger partial charge is 0.392 e. The van der Waals surface area contributed by atoms with E-state index in [9.17, 15) is 23.1 Å². The molecule has 0 unspecified atom stereocenters. The number of halogens is 3. The van der Waals surface area contributed by atoms with Crippen LogP contribution in [0.25, 0.3) is 10.8 Å². The number of benzene rings is 2. The van der Waals surface area contributed by atoms with Crippen LogP contribution in [0, 0.1) is 0 Å². The van der Waals surface area contributed by atoms with E-state index in [4.69, 9.17) is 0 Å². The summed E-state index contributed by atoms with van der Waals surface area (Å²) in [5.41, 5.74) is 0.844. The van der Waals surface area contributed by atoms with Crippen LogP contribution in [0.2, 0.25) is 0 Å². The number of aromatic nitrogens is 1. The van der Waals surface area contributed by atoms with Gasteiger partial charge in [-0.05, 0) is 54.6 Å². The predicted molar refractivity (Wildman–Crippen MR) is 127 cm³/mol. The fraction of sp³-hybridized carbons (Fsp3) is 0.423. The van der Waals surface area contributed by atoms with Crippen LogP contribution in [0.4, 0.5) is 18.9 Å². The van der Waals surface area contributed by atoms with Gasteiger partial charge in [0.25, 0.3) is 0 Å². The number of fused-ring (bicyclic) bond motifs is 1. The highest BCUT2D eigenvalue weighted by molar-refractivity contribution is 5.89. The molecule has 1 saturated heterocycles. The Bertz CT molecular complexity index is 1120. The first-order chi connectivity index (χ1) is 16.3. The molecule has 0 saturated carbocycles. The summed E-state index contributed by atoms with van der Waals surface area (Å²) in [6, 6.07) is 11.2. The number of anilines is 1. The number of nitrogens with zero attached hydrogens (tertiary/aromatic N) is 3. The Labute approximate surface area is 197 Å². The zero-order chi connectivity index (χ0) is 24.1. The number of carbonyl (C=O) groups excluding carboxylic acids is 1. The Morgan fingerprint density at radius 1 is 0.912 bits per heavy atom. The van der Waals surface area contributed by atoms with Crippen molar-refractivity contribution in [3.8, 4) is 0 Å². The van der Waals surface area contributed by atoms with Gasteiger partial charge in [0.05, 0.1) is 12.2 Å². The van der Waals surface area contributed by atoms with Crippen LogP contribution >= 0.6 is 0 Å². The molecule has 1 aliphatic heterocycles. The minimum atomic E-state index is -4.32. The minimum absolute atomic E-state index is 0.0185. The Hall–Kier alpha value is -2.84. The van der Waals surface area contributed by atoms with Gasteiger partial charge in [0.2, 0.25) is 5.91 Å². The van der Waals surface area contributed by atoms with Crippen molar-refractivity contribution in [1.82, 2.24) is 9.47 Å². The minimum Gasteiger partial charge on any atom is -0.392 e. The monoisotopic (exact) mass is 473 g/mol. The molecule has 0 amide bonds. The molecule has 0 spiro atoms. The summed E-state index contributed by atoms with van der Waals surface area (Å²) in [6.07, 6.45) is 2.58. The molecule has 1 fully saturated rings. The molecule has 2 heterocycles. The maximum Gasteiger partial charge on any atom is 0.416 e. The van der Waals surface area contributed by atoms with Gasteiger partial charge in [-0.25, -0.2) is 0 Å². The zero-order valence-electron chi connectivity index (χ0n) is 19.1. The molecule has 1 aliphatic rings. The number of aliphatic hydroxyl groups is 1. The normalized spacial score (nSPS) is 15.2. The summed E-state index contributed by atoms with van der Waals surface area (Å²) in [5.74, 6) is 0.0662. The van der Waals surface area contributed by atoms with E-state index in [1.807, 2.05) is 35.5 Å². The molecule has 3 aromatic rings. The van der Waals surface area contributed by atoms with E-state index in [2.05, 4.69) is 4.90 Å². The van der Waals surface area contributed by atoms with E-state index >= 15 is 0 Å². The number of carbonyl (C=O) groups is 1. The van der Waals surface area contributed by atoms with Crippen molar-refractivity contribution in [1.29, 1.82) is 0 Å². The first kappa shape index (κ1) is 24.3. The lowest BCUT2D eigenvalue weighted by molar-refractivity contribution is -0.137. The van der Waals surface area contributed by atoms with Crippen molar-refractivity contribution in [3.63, 3.8) is 0 Å². The molecule has 2 aromatic carbocycles. The van der Waals surface area contributed by atoms with Crippen molar-refractivity contribution in [2.24, 2.45) is 0 Å². The number of rotatable bonds is 8.